The second-order valence-corrected chi connectivity index (χ2v) is 9.55. The van der Waals surface area contributed by atoms with Crippen LogP contribution in [0.2, 0.25) is 0 Å². The molecule has 1 unspecified atom stereocenters. The lowest BCUT2D eigenvalue weighted by atomic mass is 9.93. The Kier molecular flexibility index (Phi) is 4.49. The number of nitrogens with one attached hydrogen (secondary N) is 1. The first-order chi connectivity index (χ1) is 13.7. The highest BCUT2D eigenvalue weighted by atomic mass is 32.2. The number of hydrogen-bond donors (Lipinski definition) is 2. The van der Waals surface area contributed by atoms with Gasteiger partial charge in [0.2, 0.25) is 11.8 Å². The molecule has 0 radical (unpaired) electrons. The van der Waals surface area contributed by atoms with Gasteiger partial charge in [-0.3, -0.25) is 14.4 Å². The highest BCUT2D eigenvalue weighted by Gasteiger charge is 2.66. The number of carboxylic acid groups (broad SMARTS) is 1. The first kappa shape index (κ1) is 19.6. The molecule has 3 saturated heterocycles. The van der Waals surface area contributed by atoms with Crippen LogP contribution in [0.5, 0.6) is 5.75 Å². The molecule has 29 heavy (non-hydrogen) atoms. The number of ether oxygens (including phenoxy) is 1. The molecule has 2 N–H and O–H groups in total. The van der Waals surface area contributed by atoms with Crippen molar-refractivity contribution in [3.63, 3.8) is 0 Å². The zero-order valence-corrected chi connectivity index (χ0v) is 16.9. The molecular weight excluding hydrogens is 398 g/mol. The van der Waals surface area contributed by atoms with E-state index in [4.69, 9.17) is 4.74 Å². The van der Waals surface area contributed by atoms with Gasteiger partial charge >= 0.3 is 5.97 Å². The Morgan fingerprint density at radius 3 is 2.45 bits per heavy atom. The molecule has 9 nitrogen and oxygen atoms in total. The summed E-state index contributed by atoms with van der Waals surface area (Å²) in [6.45, 7) is 3.30. The number of piperazine rings is 1. The van der Waals surface area contributed by atoms with Crippen molar-refractivity contribution in [3.8, 4) is 5.75 Å². The Morgan fingerprint density at radius 2 is 1.86 bits per heavy atom. The molecule has 0 saturated carbocycles. The van der Waals surface area contributed by atoms with Gasteiger partial charge in [-0.2, -0.15) is 0 Å². The molecule has 1 aromatic carbocycles. The smallest absolute Gasteiger partial charge is 0.327 e. The number of rotatable bonds is 4. The average Bonchev–Trinajstić information content (AvgIpc) is 2.92. The molecule has 0 aliphatic carbocycles. The van der Waals surface area contributed by atoms with Crippen molar-refractivity contribution < 1.29 is 29.0 Å². The largest absolute Gasteiger partial charge is 0.497 e. The van der Waals surface area contributed by atoms with Gasteiger partial charge in [-0.15, -0.1) is 11.8 Å². The van der Waals surface area contributed by atoms with Crippen molar-refractivity contribution in [2.45, 2.75) is 42.1 Å². The molecule has 3 amide bonds. The van der Waals surface area contributed by atoms with E-state index in [2.05, 4.69) is 5.32 Å². The Hall–Kier alpha value is -2.75. The number of nitrogens with zero attached hydrogens (tertiary/aromatic N) is 2. The summed E-state index contributed by atoms with van der Waals surface area (Å²) in [5, 5.41) is 11.7. The third-order valence-electron chi connectivity index (χ3n) is 5.58. The summed E-state index contributed by atoms with van der Waals surface area (Å²) < 4.78 is 4.42. The molecule has 4 rings (SSSR count). The molecule has 3 aliphatic rings. The minimum absolute atomic E-state index is 0.231. The average molecular weight is 419 g/mol. The molecule has 3 heterocycles. The zero-order chi connectivity index (χ0) is 21.1. The second-order valence-electron chi connectivity index (χ2n) is 7.78. The number of carbonyl (C=O) groups excluding carboxylic acids is 3. The first-order valence-corrected chi connectivity index (χ1v) is 10.0. The van der Waals surface area contributed by atoms with Gasteiger partial charge in [-0.05, 0) is 31.5 Å². The number of carboxylic acids is 1. The van der Waals surface area contributed by atoms with Gasteiger partial charge in [0.15, 0.2) is 0 Å². The maximum absolute atomic E-state index is 13.2. The lowest BCUT2D eigenvalue weighted by Gasteiger charge is -2.49. The Morgan fingerprint density at radius 1 is 1.21 bits per heavy atom. The number of methoxy groups -OCH3 is 1. The highest BCUT2D eigenvalue weighted by molar-refractivity contribution is 8.01. The molecule has 4 atom stereocenters. The number of β-lactam (4-membered cyclic amide) rings is 1. The molecule has 154 valence electrons. The van der Waals surface area contributed by atoms with Gasteiger partial charge in [-0.25, -0.2) is 4.79 Å². The van der Waals surface area contributed by atoms with Crippen LogP contribution < -0.4 is 10.1 Å². The van der Waals surface area contributed by atoms with E-state index in [1.54, 1.807) is 38.1 Å². The van der Waals surface area contributed by atoms with E-state index in [0.29, 0.717) is 11.3 Å². The quantitative estimate of drug-likeness (QED) is 0.670. The fourth-order valence-electron chi connectivity index (χ4n) is 4.20. The minimum Gasteiger partial charge on any atom is -0.497 e. The van der Waals surface area contributed by atoms with Crippen LogP contribution in [0.1, 0.15) is 25.5 Å². The van der Waals surface area contributed by atoms with Crippen molar-refractivity contribution in [1.82, 2.24) is 15.1 Å². The van der Waals surface area contributed by atoms with Crippen LogP contribution in [0.3, 0.4) is 0 Å². The molecular formula is C19H21N3O6S. The Labute approximate surface area is 171 Å². The number of hydrogen-bond acceptors (Lipinski definition) is 6. The molecule has 3 fully saturated rings. The summed E-state index contributed by atoms with van der Waals surface area (Å²) in [6, 6.07) is 4.05. The van der Waals surface area contributed by atoms with Gasteiger partial charge in [-0.1, -0.05) is 12.1 Å². The Bertz CT molecular complexity index is 902. The first-order valence-electron chi connectivity index (χ1n) is 9.12. The predicted molar refractivity (Wildman–Crippen MR) is 103 cm³/mol. The SMILES string of the molecule is COc1ccc(C2NC(=O)CN([C@@H]3C(=O)N4[C@@H]3SC(C)(C)[C@@H]4C(=O)O)C2=O)cc1. The number of carbonyl (C=O) groups is 4. The fourth-order valence-corrected chi connectivity index (χ4v) is 5.90. The summed E-state index contributed by atoms with van der Waals surface area (Å²) in [5.41, 5.74) is 0.584. The molecule has 0 aromatic heterocycles. The third-order valence-corrected chi connectivity index (χ3v) is 7.14. The van der Waals surface area contributed by atoms with Crippen LogP contribution in [0.4, 0.5) is 0 Å². The number of aliphatic carboxylic acids is 1. The molecule has 0 spiro atoms. The monoisotopic (exact) mass is 419 g/mol. The van der Waals surface area contributed by atoms with Crippen LogP contribution in [0.15, 0.2) is 24.3 Å². The standard InChI is InChI=1S/C19H21N3O6S/c1-19(2)14(18(26)27)22-16(25)13(17(22)29-19)21-8-11(23)20-12(15(21)24)9-4-6-10(28-3)7-5-9/h4-7,12-14,17H,8H2,1-3H3,(H,20,23)(H,26,27)/t12?,13-,14+,17-/m1/s1. The van der Waals surface area contributed by atoms with Gasteiger partial charge in [0.25, 0.3) is 5.91 Å². The van der Waals surface area contributed by atoms with Crippen LogP contribution >= 0.6 is 11.8 Å². The summed E-state index contributed by atoms with van der Waals surface area (Å²) in [6.07, 6.45) is 0. The van der Waals surface area contributed by atoms with E-state index in [1.165, 1.54) is 28.7 Å². The third kappa shape index (κ3) is 2.93. The van der Waals surface area contributed by atoms with Gasteiger partial charge < -0.3 is 25.0 Å². The summed E-state index contributed by atoms with van der Waals surface area (Å²) >= 11 is 1.35. The predicted octanol–water partition coefficient (Wildman–Crippen LogP) is 0.210. The molecule has 0 bridgehead atoms. The summed E-state index contributed by atoms with van der Waals surface area (Å²) in [4.78, 5) is 52.6. The molecule has 10 heteroatoms. The van der Waals surface area contributed by atoms with Crippen molar-refractivity contribution in [2.75, 3.05) is 13.7 Å². The number of thioether (sulfide) groups is 1. The lowest BCUT2D eigenvalue weighted by Crippen LogP contribution is -2.73. The van der Waals surface area contributed by atoms with Crippen LogP contribution in [0, 0.1) is 0 Å². The zero-order valence-electron chi connectivity index (χ0n) is 16.1. The van der Waals surface area contributed by atoms with E-state index >= 15 is 0 Å². The highest BCUT2D eigenvalue weighted by Crippen LogP contribution is 2.52. The fraction of sp³-hybridized carbons (Fsp3) is 0.474. The van der Waals surface area contributed by atoms with Crippen molar-refractivity contribution in [1.29, 1.82) is 0 Å². The van der Waals surface area contributed by atoms with E-state index in [-0.39, 0.29) is 18.4 Å². The second kappa shape index (κ2) is 6.65. The lowest BCUT2D eigenvalue weighted by molar-refractivity contribution is -0.171. The van der Waals surface area contributed by atoms with Crippen molar-refractivity contribution in [3.05, 3.63) is 29.8 Å². The maximum atomic E-state index is 13.2. The van der Waals surface area contributed by atoms with E-state index in [0.717, 1.165) is 0 Å². The summed E-state index contributed by atoms with van der Waals surface area (Å²) in [7, 11) is 1.53. The van der Waals surface area contributed by atoms with Gasteiger partial charge in [0.1, 0.15) is 35.8 Å². The number of fused-ring (bicyclic) bond motifs is 1. The van der Waals surface area contributed by atoms with Crippen molar-refractivity contribution in [2.24, 2.45) is 0 Å². The Balaban J connectivity index is 1.60. The van der Waals surface area contributed by atoms with Crippen molar-refractivity contribution >= 4 is 35.5 Å². The van der Waals surface area contributed by atoms with Crippen LogP contribution in [-0.4, -0.2) is 74.5 Å². The normalized spacial score (nSPS) is 30.5. The maximum Gasteiger partial charge on any atom is 0.327 e. The van der Waals surface area contributed by atoms with Crippen LogP contribution in [0.25, 0.3) is 0 Å². The summed E-state index contributed by atoms with van der Waals surface area (Å²) in [5.74, 6) is -1.64. The van der Waals surface area contributed by atoms with E-state index in [9.17, 15) is 24.3 Å². The van der Waals surface area contributed by atoms with Crippen LogP contribution in [-0.2, 0) is 19.2 Å². The topological polar surface area (TPSA) is 116 Å². The molecule has 1 aromatic rings. The van der Waals surface area contributed by atoms with Gasteiger partial charge in [0, 0.05) is 4.75 Å². The van der Waals surface area contributed by atoms with E-state index < -0.39 is 40.1 Å². The van der Waals surface area contributed by atoms with Gasteiger partial charge in [0.05, 0.1) is 7.11 Å². The molecule has 3 aliphatic heterocycles. The van der Waals surface area contributed by atoms with E-state index in [1.807, 2.05) is 0 Å². The minimum atomic E-state index is -1.07. The number of benzene rings is 1. The number of amides is 3.